The van der Waals surface area contributed by atoms with Gasteiger partial charge in [0.05, 0.1) is 23.3 Å². The molecule has 1 N–H and O–H groups in total. The van der Waals surface area contributed by atoms with Crippen LogP contribution in [0.15, 0.2) is 24.4 Å². The van der Waals surface area contributed by atoms with Crippen LogP contribution in [0.5, 0.6) is 0 Å². The van der Waals surface area contributed by atoms with Crippen LogP contribution in [0.2, 0.25) is 0 Å². The SMILES string of the molecule is CC(O)n1ncc2c(C#N)cccc21. The van der Waals surface area contributed by atoms with Crippen molar-refractivity contribution in [1.29, 1.82) is 5.26 Å². The summed E-state index contributed by atoms with van der Waals surface area (Å²) in [7, 11) is 0. The monoisotopic (exact) mass is 187 g/mol. The number of rotatable bonds is 1. The predicted molar refractivity (Wildman–Crippen MR) is 51.4 cm³/mol. The first-order valence-electron chi connectivity index (χ1n) is 4.28. The molecule has 0 radical (unpaired) electrons. The summed E-state index contributed by atoms with van der Waals surface area (Å²) in [5, 5.41) is 23.0. The number of aromatic nitrogens is 2. The maximum absolute atomic E-state index is 9.39. The number of aliphatic hydroxyl groups excluding tert-OH is 1. The molecule has 4 nitrogen and oxygen atoms in total. The van der Waals surface area contributed by atoms with Crippen molar-refractivity contribution in [1.82, 2.24) is 9.78 Å². The van der Waals surface area contributed by atoms with Gasteiger partial charge in [0.1, 0.15) is 6.23 Å². The molecule has 0 saturated carbocycles. The molecule has 70 valence electrons. The van der Waals surface area contributed by atoms with Gasteiger partial charge < -0.3 is 5.11 Å². The number of hydrogen-bond donors (Lipinski definition) is 1. The molecule has 0 spiro atoms. The van der Waals surface area contributed by atoms with Crippen molar-refractivity contribution < 1.29 is 5.11 Å². The fourth-order valence-corrected chi connectivity index (χ4v) is 1.47. The highest BCUT2D eigenvalue weighted by Crippen LogP contribution is 2.19. The van der Waals surface area contributed by atoms with E-state index in [0.717, 1.165) is 10.9 Å². The van der Waals surface area contributed by atoms with Crippen LogP contribution in [-0.2, 0) is 0 Å². The van der Waals surface area contributed by atoms with Crippen molar-refractivity contribution >= 4 is 10.9 Å². The van der Waals surface area contributed by atoms with Gasteiger partial charge in [0.2, 0.25) is 0 Å². The minimum atomic E-state index is -0.679. The van der Waals surface area contributed by atoms with E-state index in [-0.39, 0.29) is 0 Å². The molecule has 0 saturated heterocycles. The molecule has 1 unspecified atom stereocenters. The van der Waals surface area contributed by atoms with E-state index >= 15 is 0 Å². The van der Waals surface area contributed by atoms with E-state index in [0.29, 0.717) is 5.56 Å². The number of aliphatic hydroxyl groups is 1. The van der Waals surface area contributed by atoms with E-state index < -0.39 is 6.23 Å². The lowest BCUT2D eigenvalue weighted by molar-refractivity contribution is 0.115. The molecule has 0 bridgehead atoms. The number of nitrogens with zero attached hydrogens (tertiary/aromatic N) is 3. The van der Waals surface area contributed by atoms with E-state index in [2.05, 4.69) is 11.2 Å². The topological polar surface area (TPSA) is 61.8 Å². The lowest BCUT2D eigenvalue weighted by Gasteiger charge is -2.05. The lowest BCUT2D eigenvalue weighted by atomic mass is 10.1. The van der Waals surface area contributed by atoms with Gasteiger partial charge in [0.15, 0.2) is 0 Å². The zero-order valence-electron chi connectivity index (χ0n) is 7.68. The fourth-order valence-electron chi connectivity index (χ4n) is 1.47. The second-order valence-corrected chi connectivity index (χ2v) is 3.07. The molecule has 2 aromatic rings. The van der Waals surface area contributed by atoms with Gasteiger partial charge in [0.25, 0.3) is 0 Å². The number of fused-ring (bicyclic) bond motifs is 1. The second-order valence-electron chi connectivity index (χ2n) is 3.07. The molecule has 2 rings (SSSR count). The highest BCUT2D eigenvalue weighted by Gasteiger charge is 2.08. The molecule has 0 aliphatic rings. The first-order chi connectivity index (χ1) is 6.74. The molecule has 0 aliphatic carbocycles. The van der Waals surface area contributed by atoms with Crippen molar-refractivity contribution in [2.45, 2.75) is 13.2 Å². The summed E-state index contributed by atoms with van der Waals surface area (Å²) in [4.78, 5) is 0. The van der Waals surface area contributed by atoms with Gasteiger partial charge in [-0.25, -0.2) is 4.68 Å². The fraction of sp³-hybridized carbons (Fsp3) is 0.200. The summed E-state index contributed by atoms with van der Waals surface area (Å²) >= 11 is 0. The van der Waals surface area contributed by atoms with Crippen molar-refractivity contribution in [3.05, 3.63) is 30.0 Å². The molecule has 1 aromatic heterocycles. The summed E-state index contributed by atoms with van der Waals surface area (Å²) in [5.41, 5.74) is 1.36. The van der Waals surface area contributed by atoms with Gasteiger partial charge in [-0.1, -0.05) is 6.07 Å². The third kappa shape index (κ3) is 1.15. The summed E-state index contributed by atoms with van der Waals surface area (Å²) < 4.78 is 1.48. The first-order valence-corrected chi connectivity index (χ1v) is 4.28. The molecule has 1 atom stereocenters. The Bertz CT molecular complexity index is 508. The minimum Gasteiger partial charge on any atom is -0.372 e. The molecule has 1 aromatic carbocycles. The van der Waals surface area contributed by atoms with Gasteiger partial charge in [-0.15, -0.1) is 0 Å². The summed E-state index contributed by atoms with van der Waals surface area (Å²) in [5.74, 6) is 0. The highest BCUT2D eigenvalue weighted by atomic mass is 16.3. The Hall–Kier alpha value is -1.86. The van der Waals surface area contributed by atoms with Crippen molar-refractivity contribution in [2.75, 3.05) is 0 Å². The Morgan fingerprint density at radius 3 is 3.00 bits per heavy atom. The van der Waals surface area contributed by atoms with Gasteiger partial charge in [-0.05, 0) is 19.1 Å². The second kappa shape index (κ2) is 3.13. The zero-order valence-corrected chi connectivity index (χ0v) is 7.68. The predicted octanol–water partition coefficient (Wildman–Crippen LogP) is 1.42. The van der Waals surface area contributed by atoms with E-state index in [9.17, 15) is 5.11 Å². The standard InChI is InChI=1S/C10H9N3O/c1-7(14)13-10-4-2-3-8(5-11)9(10)6-12-13/h2-4,6-7,14H,1H3. The van der Waals surface area contributed by atoms with E-state index in [1.807, 2.05) is 6.07 Å². The Morgan fingerprint density at radius 2 is 2.36 bits per heavy atom. The molecule has 0 amide bonds. The minimum absolute atomic E-state index is 0.578. The van der Waals surface area contributed by atoms with Crippen LogP contribution in [0, 0.1) is 11.3 Å². The Morgan fingerprint density at radius 1 is 1.57 bits per heavy atom. The molecule has 0 aliphatic heterocycles. The average Bonchev–Trinajstić information content (AvgIpc) is 2.60. The normalized spacial score (nSPS) is 12.6. The molecule has 1 heterocycles. The van der Waals surface area contributed by atoms with Crippen LogP contribution in [0.3, 0.4) is 0 Å². The quantitative estimate of drug-likeness (QED) is 0.734. The molecule has 4 heteroatoms. The molecular weight excluding hydrogens is 178 g/mol. The van der Waals surface area contributed by atoms with Crippen molar-refractivity contribution in [3.63, 3.8) is 0 Å². The Kier molecular flexibility index (Phi) is 1.95. The van der Waals surface area contributed by atoms with Gasteiger partial charge in [-0.2, -0.15) is 10.4 Å². The lowest BCUT2D eigenvalue weighted by Crippen LogP contribution is -2.04. The Balaban J connectivity index is 2.77. The van der Waals surface area contributed by atoms with E-state index in [4.69, 9.17) is 5.26 Å². The smallest absolute Gasteiger partial charge is 0.144 e. The third-order valence-electron chi connectivity index (χ3n) is 2.12. The summed E-state index contributed by atoms with van der Waals surface area (Å²) in [6, 6.07) is 7.43. The van der Waals surface area contributed by atoms with Gasteiger partial charge in [0, 0.05) is 5.39 Å². The number of nitriles is 1. The number of benzene rings is 1. The summed E-state index contributed by atoms with van der Waals surface area (Å²) in [6.45, 7) is 1.63. The average molecular weight is 187 g/mol. The van der Waals surface area contributed by atoms with Gasteiger partial charge >= 0.3 is 0 Å². The van der Waals surface area contributed by atoms with E-state index in [1.165, 1.54) is 4.68 Å². The maximum Gasteiger partial charge on any atom is 0.144 e. The van der Waals surface area contributed by atoms with E-state index in [1.54, 1.807) is 25.3 Å². The van der Waals surface area contributed by atoms with Crippen LogP contribution >= 0.6 is 0 Å². The highest BCUT2D eigenvalue weighted by molar-refractivity contribution is 5.84. The largest absolute Gasteiger partial charge is 0.372 e. The molecule has 0 fully saturated rings. The van der Waals surface area contributed by atoms with Crippen LogP contribution in [0.4, 0.5) is 0 Å². The Labute approximate surface area is 81.0 Å². The van der Waals surface area contributed by atoms with Crippen LogP contribution in [0.25, 0.3) is 10.9 Å². The third-order valence-corrected chi connectivity index (χ3v) is 2.12. The van der Waals surface area contributed by atoms with Gasteiger partial charge in [-0.3, -0.25) is 0 Å². The van der Waals surface area contributed by atoms with Crippen LogP contribution < -0.4 is 0 Å². The molecular formula is C10H9N3O. The maximum atomic E-state index is 9.39. The number of hydrogen-bond acceptors (Lipinski definition) is 3. The van der Waals surface area contributed by atoms with Crippen LogP contribution in [-0.4, -0.2) is 14.9 Å². The zero-order chi connectivity index (χ0) is 10.1. The molecule has 14 heavy (non-hydrogen) atoms. The van der Waals surface area contributed by atoms with Crippen molar-refractivity contribution in [2.24, 2.45) is 0 Å². The first kappa shape index (κ1) is 8.73. The summed E-state index contributed by atoms with van der Waals surface area (Å²) in [6.07, 6.45) is 0.919. The van der Waals surface area contributed by atoms with Crippen LogP contribution in [0.1, 0.15) is 18.7 Å². The van der Waals surface area contributed by atoms with Crippen molar-refractivity contribution in [3.8, 4) is 6.07 Å².